The first-order valence-electron chi connectivity index (χ1n) is 8.40. The van der Waals surface area contributed by atoms with Gasteiger partial charge in [-0.3, -0.25) is 14.0 Å². The van der Waals surface area contributed by atoms with Crippen molar-refractivity contribution < 1.29 is 9.59 Å². The monoisotopic (exact) mass is 350 g/mol. The van der Waals surface area contributed by atoms with E-state index in [2.05, 4.69) is 10.3 Å². The number of para-hydroxylation sites is 1. The van der Waals surface area contributed by atoms with E-state index in [0.29, 0.717) is 5.52 Å². The number of benzene rings is 1. The highest BCUT2D eigenvalue weighted by atomic mass is 16.2. The molecular weight excluding hydrogens is 328 g/mol. The first kappa shape index (κ1) is 17.7. The van der Waals surface area contributed by atoms with Crippen molar-refractivity contribution in [2.45, 2.75) is 26.3 Å². The van der Waals surface area contributed by atoms with E-state index in [9.17, 15) is 9.59 Å². The van der Waals surface area contributed by atoms with Crippen LogP contribution in [-0.2, 0) is 0 Å². The Morgan fingerprint density at radius 3 is 2.35 bits per heavy atom. The van der Waals surface area contributed by atoms with E-state index in [0.717, 1.165) is 5.69 Å². The smallest absolute Gasteiger partial charge is 0.294 e. The van der Waals surface area contributed by atoms with Gasteiger partial charge in [-0.2, -0.15) is 0 Å². The van der Waals surface area contributed by atoms with Crippen LogP contribution in [0.15, 0.2) is 54.7 Å². The summed E-state index contributed by atoms with van der Waals surface area (Å²) in [6, 6.07) is 14.7. The summed E-state index contributed by atoms with van der Waals surface area (Å²) in [4.78, 5) is 31.5. The maximum absolute atomic E-state index is 13.0. The lowest BCUT2D eigenvalue weighted by Gasteiger charge is -2.19. The minimum atomic E-state index is -0.396. The fourth-order valence-electron chi connectivity index (χ4n) is 2.67. The van der Waals surface area contributed by atoms with Crippen LogP contribution in [0, 0.1) is 0 Å². The van der Waals surface area contributed by atoms with Gasteiger partial charge in [0.2, 0.25) is 5.82 Å². The number of nitrogens with one attached hydrogen (secondary N) is 1. The van der Waals surface area contributed by atoms with E-state index < -0.39 is 5.54 Å². The topological polar surface area (TPSA) is 66.7 Å². The van der Waals surface area contributed by atoms with E-state index in [1.54, 1.807) is 29.8 Å². The average molecular weight is 350 g/mol. The van der Waals surface area contributed by atoms with Crippen molar-refractivity contribution in [1.29, 1.82) is 0 Å². The third-order valence-electron chi connectivity index (χ3n) is 3.89. The van der Waals surface area contributed by atoms with Crippen LogP contribution in [0.2, 0.25) is 0 Å². The van der Waals surface area contributed by atoms with Crippen molar-refractivity contribution in [2.75, 3.05) is 11.9 Å². The van der Waals surface area contributed by atoms with Crippen LogP contribution in [0.3, 0.4) is 0 Å². The van der Waals surface area contributed by atoms with Gasteiger partial charge in [0.15, 0.2) is 5.69 Å². The van der Waals surface area contributed by atoms with Gasteiger partial charge in [-0.25, -0.2) is 4.98 Å². The minimum Gasteiger partial charge on any atom is -0.346 e. The number of rotatable bonds is 3. The third-order valence-corrected chi connectivity index (χ3v) is 3.89. The van der Waals surface area contributed by atoms with Crippen molar-refractivity contribution in [3.8, 4) is 0 Å². The second kappa shape index (κ2) is 6.63. The molecule has 1 aromatic carbocycles. The number of hydrogen-bond donors (Lipinski definition) is 1. The molecule has 0 bridgehead atoms. The molecule has 6 nitrogen and oxygen atoms in total. The van der Waals surface area contributed by atoms with Crippen molar-refractivity contribution in [2.24, 2.45) is 0 Å². The molecule has 0 radical (unpaired) electrons. The van der Waals surface area contributed by atoms with Gasteiger partial charge in [0.25, 0.3) is 11.8 Å². The van der Waals surface area contributed by atoms with Crippen molar-refractivity contribution in [3.05, 3.63) is 66.2 Å². The van der Waals surface area contributed by atoms with Gasteiger partial charge in [0.1, 0.15) is 0 Å². The van der Waals surface area contributed by atoms with Gasteiger partial charge in [-0.05, 0) is 45.0 Å². The highest BCUT2D eigenvalue weighted by Gasteiger charge is 2.25. The largest absolute Gasteiger partial charge is 0.346 e. The average Bonchev–Trinajstić information content (AvgIpc) is 2.99. The van der Waals surface area contributed by atoms with Crippen LogP contribution < -0.4 is 10.2 Å². The van der Waals surface area contributed by atoms with Crippen LogP contribution in [0.4, 0.5) is 5.69 Å². The molecular formula is C20H22N4O2. The number of hydrogen-bond acceptors (Lipinski definition) is 3. The van der Waals surface area contributed by atoms with Crippen LogP contribution in [-0.4, -0.2) is 33.8 Å². The molecule has 0 unspecified atom stereocenters. The molecule has 0 aliphatic rings. The van der Waals surface area contributed by atoms with E-state index in [4.69, 9.17) is 0 Å². The van der Waals surface area contributed by atoms with E-state index in [1.807, 2.05) is 57.2 Å². The maximum Gasteiger partial charge on any atom is 0.294 e. The molecule has 0 atom stereocenters. The number of amides is 2. The van der Waals surface area contributed by atoms with Gasteiger partial charge >= 0.3 is 0 Å². The van der Waals surface area contributed by atoms with Crippen LogP contribution in [0.25, 0.3) is 5.52 Å². The second-order valence-electron chi connectivity index (χ2n) is 7.14. The highest BCUT2D eigenvalue weighted by Crippen LogP contribution is 2.18. The van der Waals surface area contributed by atoms with Gasteiger partial charge in [-0.1, -0.05) is 24.3 Å². The Labute approximate surface area is 152 Å². The molecule has 26 heavy (non-hydrogen) atoms. The Morgan fingerprint density at radius 2 is 1.69 bits per heavy atom. The molecule has 0 aliphatic heterocycles. The number of nitrogens with zero attached hydrogens (tertiary/aromatic N) is 3. The quantitative estimate of drug-likeness (QED) is 0.789. The first-order chi connectivity index (χ1) is 12.3. The number of carbonyl (C=O) groups is 2. The number of anilines is 1. The fraction of sp³-hybridized carbons (Fsp3) is 0.250. The molecule has 0 fully saturated rings. The molecule has 0 spiro atoms. The molecule has 0 saturated carbocycles. The fourth-order valence-corrected chi connectivity index (χ4v) is 2.67. The number of pyridine rings is 1. The second-order valence-corrected chi connectivity index (χ2v) is 7.14. The molecule has 0 aliphatic carbocycles. The summed E-state index contributed by atoms with van der Waals surface area (Å²) in [5.41, 5.74) is 1.20. The summed E-state index contributed by atoms with van der Waals surface area (Å²) in [5, 5.41) is 2.90. The van der Waals surface area contributed by atoms with Crippen molar-refractivity contribution in [3.63, 3.8) is 0 Å². The molecule has 3 rings (SSSR count). The molecule has 3 aromatic rings. The van der Waals surface area contributed by atoms with Gasteiger partial charge < -0.3 is 10.2 Å². The third kappa shape index (κ3) is 3.44. The van der Waals surface area contributed by atoms with E-state index in [-0.39, 0.29) is 23.3 Å². The highest BCUT2D eigenvalue weighted by molar-refractivity contribution is 6.07. The minimum absolute atomic E-state index is 0.200. The molecule has 2 heterocycles. The number of carbonyl (C=O) groups excluding carboxylic acids is 2. The zero-order valence-electron chi connectivity index (χ0n) is 15.4. The van der Waals surface area contributed by atoms with Crippen molar-refractivity contribution >= 4 is 23.0 Å². The number of aromatic nitrogens is 2. The Hall–Kier alpha value is -3.15. The standard InChI is InChI=1S/C20H22N4O2/c1-20(2,3)22-18(25)16-15-12-8-9-13-24(15)17(21-16)19(26)23(4)14-10-6-5-7-11-14/h5-13H,1-4H3,(H,22,25). The maximum atomic E-state index is 13.0. The Kier molecular flexibility index (Phi) is 4.50. The Balaban J connectivity index is 2.04. The Morgan fingerprint density at radius 1 is 1.04 bits per heavy atom. The normalized spacial score (nSPS) is 11.4. The molecule has 2 amide bonds. The van der Waals surface area contributed by atoms with Crippen LogP contribution in [0.1, 0.15) is 41.9 Å². The summed E-state index contributed by atoms with van der Waals surface area (Å²) in [6.07, 6.45) is 1.74. The number of imidazole rings is 1. The van der Waals surface area contributed by atoms with Crippen molar-refractivity contribution in [1.82, 2.24) is 14.7 Å². The molecule has 2 aromatic heterocycles. The molecule has 134 valence electrons. The summed E-state index contributed by atoms with van der Waals surface area (Å²) < 4.78 is 1.65. The van der Waals surface area contributed by atoms with Gasteiger partial charge in [-0.15, -0.1) is 0 Å². The first-order valence-corrected chi connectivity index (χ1v) is 8.40. The lowest BCUT2D eigenvalue weighted by Crippen LogP contribution is -2.40. The zero-order valence-corrected chi connectivity index (χ0v) is 15.4. The molecule has 0 saturated heterocycles. The predicted molar refractivity (Wildman–Crippen MR) is 102 cm³/mol. The zero-order chi connectivity index (χ0) is 18.9. The van der Waals surface area contributed by atoms with Crippen LogP contribution in [0.5, 0.6) is 0 Å². The SMILES string of the molecule is CN(C(=O)c1nc(C(=O)NC(C)(C)C)c2ccccn12)c1ccccc1. The molecule has 6 heteroatoms. The van der Waals surface area contributed by atoms with Gasteiger partial charge in [0, 0.05) is 24.5 Å². The summed E-state index contributed by atoms with van der Waals surface area (Å²) in [6.45, 7) is 5.70. The van der Waals surface area contributed by atoms with E-state index in [1.165, 1.54) is 4.90 Å². The summed E-state index contributed by atoms with van der Waals surface area (Å²) in [5.74, 6) is -0.388. The molecule has 1 N–H and O–H groups in total. The number of fused-ring (bicyclic) bond motifs is 1. The summed E-state index contributed by atoms with van der Waals surface area (Å²) >= 11 is 0. The van der Waals surface area contributed by atoms with Crippen LogP contribution >= 0.6 is 0 Å². The van der Waals surface area contributed by atoms with E-state index >= 15 is 0 Å². The Bertz CT molecular complexity index is 955. The summed E-state index contributed by atoms with van der Waals surface area (Å²) in [7, 11) is 1.69. The lowest BCUT2D eigenvalue weighted by atomic mass is 10.1. The lowest BCUT2D eigenvalue weighted by molar-refractivity contribution is 0.0916. The predicted octanol–water partition coefficient (Wildman–Crippen LogP) is 3.14. The van der Waals surface area contributed by atoms with Gasteiger partial charge in [0.05, 0.1) is 5.52 Å².